The standard InChI is InChI=1S/C38H23N5/c1-3-10-24(11-4-1)42-31-20-19-30-33(28-15-9-21-39-36(28)38-40-22-23-41(30)38)34(31)35-32(42)18-17-27-26-14-7-8-16-29(26)43(37(27)35)25-12-5-2-6-13-25/h1-23H. The molecule has 0 atom stereocenters. The zero-order valence-electron chi connectivity index (χ0n) is 23.0. The molecule has 5 aromatic carbocycles. The zero-order valence-corrected chi connectivity index (χ0v) is 23.0. The van der Waals surface area contributed by atoms with Crippen LogP contribution >= 0.6 is 0 Å². The fraction of sp³-hybridized carbons (Fsp3) is 0. The SMILES string of the molecule is c1ccc(-n2c3ccc4c(c5cccnc5c5nccn45)c3c3c2ccc2c4ccccc4n(-c4ccccc4)c23)cc1. The van der Waals surface area contributed by atoms with Crippen LogP contribution in [-0.4, -0.2) is 23.5 Å². The molecule has 10 aromatic rings. The molecule has 0 spiro atoms. The summed E-state index contributed by atoms with van der Waals surface area (Å²) >= 11 is 0. The van der Waals surface area contributed by atoms with Gasteiger partial charge in [-0.05, 0) is 54.6 Å². The summed E-state index contributed by atoms with van der Waals surface area (Å²) < 4.78 is 7.04. The van der Waals surface area contributed by atoms with E-state index in [4.69, 9.17) is 9.97 Å². The number of nitrogens with zero attached hydrogens (tertiary/aromatic N) is 5. The first-order valence-corrected chi connectivity index (χ1v) is 14.5. The number of imidazole rings is 1. The maximum atomic E-state index is 4.85. The van der Waals surface area contributed by atoms with Crippen LogP contribution in [0, 0.1) is 0 Å². The van der Waals surface area contributed by atoms with E-state index in [2.05, 4.69) is 129 Å². The first-order valence-electron chi connectivity index (χ1n) is 14.5. The summed E-state index contributed by atoms with van der Waals surface area (Å²) in [5.74, 6) is 0. The average molecular weight is 550 g/mol. The Hall–Kier alpha value is -5.94. The van der Waals surface area contributed by atoms with Crippen molar-refractivity contribution in [3.8, 4) is 11.4 Å². The molecule has 0 amide bonds. The van der Waals surface area contributed by atoms with Gasteiger partial charge in [-0.2, -0.15) is 0 Å². The van der Waals surface area contributed by atoms with Crippen LogP contribution in [0.3, 0.4) is 0 Å². The highest BCUT2D eigenvalue weighted by atomic mass is 15.0. The third-order valence-electron chi connectivity index (χ3n) is 8.93. The molecule has 0 aliphatic rings. The van der Waals surface area contributed by atoms with E-state index in [9.17, 15) is 0 Å². The molecule has 200 valence electrons. The lowest BCUT2D eigenvalue weighted by atomic mass is 10.0. The first-order chi connectivity index (χ1) is 21.4. The predicted molar refractivity (Wildman–Crippen MR) is 177 cm³/mol. The third kappa shape index (κ3) is 2.90. The van der Waals surface area contributed by atoms with E-state index < -0.39 is 0 Å². The minimum atomic E-state index is 0.873. The third-order valence-corrected chi connectivity index (χ3v) is 8.93. The predicted octanol–water partition coefficient (Wildman–Crippen LogP) is 9.23. The van der Waals surface area contributed by atoms with Crippen LogP contribution < -0.4 is 0 Å². The van der Waals surface area contributed by atoms with Crippen LogP contribution in [0.25, 0.3) is 82.4 Å². The molecular weight excluding hydrogens is 526 g/mol. The molecule has 0 bridgehead atoms. The number of aromatic nitrogens is 5. The van der Waals surface area contributed by atoms with Gasteiger partial charge in [-0.3, -0.25) is 9.38 Å². The summed E-state index contributed by atoms with van der Waals surface area (Å²) in [6, 6.07) is 43.5. The van der Waals surface area contributed by atoms with Gasteiger partial charge in [0.2, 0.25) is 0 Å². The Labute approximate surface area is 245 Å². The Morgan fingerprint density at radius 3 is 1.93 bits per heavy atom. The van der Waals surface area contributed by atoms with Gasteiger partial charge < -0.3 is 9.13 Å². The number of pyridine rings is 2. The van der Waals surface area contributed by atoms with Gasteiger partial charge in [-0.25, -0.2) is 4.98 Å². The van der Waals surface area contributed by atoms with Gasteiger partial charge in [-0.1, -0.05) is 66.7 Å². The number of rotatable bonds is 2. The molecular formula is C38H23N5. The lowest BCUT2D eigenvalue weighted by Crippen LogP contribution is -1.95. The highest BCUT2D eigenvalue weighted by molar-refractivity contribution is 6.34. The van der Waals surface area contributed by atoms with E-state index in [1.54, 1.807) is 0 Å². The number of fused-ring (bicyclic) bond motifs is 14. The Morgan fingerprint density at radius 2 is 1.09 bits per heavy atom. The van der Waals surface area contributed by atoms with Gasteiger partial charge in [0.25, 0.3) is 0 Å². The van der Waals surface area contributed by atoms with Gasteiger partial charge >= 0.3 is 0 Å². The van der Waals surface area contributed by atoms with Crippen LogP contribution in [-0.2, 0) is 0 Å². The zero-order chi connectivity index (χ0) is 28.1. The summed E-state index contributed by atoms with van der Waals surface area (Å²) in [7, 11) is 0. The quantitative estimate of drug-likeness (QED) is 0.202. The van der Waals surface area contributed by atoms with Crippen molar-refractivity contribution >= 4 is 71.1 Å². The second kappa shape index (κ2) is 8.30. The van der Waals surface area contributed by atoms with Crippen molar-refractivity contribution in [2.24, 2.45) is 0 Å². The summed E-state index contributed by atoms with van der Waals surface area (Å²) in [6.07, 6.45) is 5.78. The molecule has 5 nitrogen and oxygen atoms in total. The minimum absolute atomic E-state index is 0.873. The maximum absolute atomic E-state index is 4.85. The maximum Gasteiger partial charge on any atom is 0.163 e. The number of hydrogen-bond donors (Lipinski definition) is 0. The fourth-order valence-electron chi connectivity index (χ4n) is 7.26. The smallest absolute Gasteiger partial charge is 0.163 e. The molecule has 5 aromatic heterocycles. The lowest BCUT2D eigenvalue weighted by Gasteiger charge is -2.11. The Bertz CT molecular complexity index is 2710. The normalized spacial score (nSPS) is 12.2. The van der Waals surface area contributed by atoms with Crippen LogP contribution in [0.15, 0.2) is 140 Å². The van der Waals surface area contributed by atoms with E-state index in [1.807, 2.05) is 24.7 Å². The molecule has 0 aliphatic carbocycles. The average Bonchev–Trinajstić information content (AvgIpc) is 3.78. The molecule has 0 unspecified atom stereocenters. The van der Waals surface area contributed by atoms with Crippen LogP contribution in [0.2, 0.25) is 0 Å². The molecule has 0 radical (unpaired) electrons. The summed E-state index contributed by atoms with van der Waals surface area (Å²) in [6.45, 7) is 0. The Balaban J connectivity index is 1.57. The lowest BCUT2D eigenvalue weighted by molar-refractivity contribution is 1.17. The summed E-state index contributed by atoms with van der Waals surface area (Å²) in [4.78, 5) is 9.57. The van der Waals surface area contributed by atoms with E-state index >= 15 is 0 Å². The van der Waals surface area contributed by atoms with E-state index in [0.29, 0.717) is 0 Å². The first kappa shape index (κ1) is 22.7. The molecule has 5 heteroatoms. The second-order valence-corrected chi connectivity index (χ2v) is 11.1. The number of benzene rings is 5. The van der Waals surface area contributed by atoms with Crippen LogP contribution in [0.1, 0.15) is 0 Å². The van der Waals surface area contributed by atoms with Crippen molar-refractivity contribution in [1.29, 1.82) is 0 Å². The molecule has 0 saturated carbocycles. The van der Waals surface area contributed by atoms with Gasteiger partial charge in [0, 0.05) is 62.3 Å². The van der Waals surface area contributed by atoms with Gasteiger partial charge in [0.15, 0.2) is 5.65 Å². The summed E-state index contributed by atoms with van der Waals surface area (Å²) in [5, 5.41) is 7.22. The van der Waals surface area contributed by atoms with Crippen molar-refractivity contribution in [2.75, 3.05) is 0 Å². The molecule has 0 aliphatic heterocycles. The summed E-state index contributed by atoms with van der Waals surface area (Å²) in [5.41, 5.74) is 9.91. The van der Waals surface area contributed by atoms with Crippen molar-refractivity contribution in [3.63, 3.8) is 0 Å². The van der Waals surface area contributed by atoms with Crippen molar-refractivity contribution in [3.05, 3.63) is 140 Å². The Morgan fingerprint density at radius 1 is 0.419 bits per heavy atom. The molecule has 43 heavy (non-hydrogen) atoms. The van der Waals surface area contributed by atoms with Gasteiger partial charge in [0.1, 0.15) is 5.52 Å². The molecule has 0 saturated heterocycles. The highest BCUT2D eigenvalue weighted by Gasteiger charge is 2.24. The van der Waals surface area contributed by atoms with Crippen molar-refractivity contribution in [2.45, 2.75) is 0 Å². The van der Waals surface area contributed by atoms with Crippen LogP contribution in [0.5, 0.6) is 0 Å². The molecule has 0 N–H and O–H groups in total. The Kier molecular flexibility index (Phi) is 4.39. The molecule has 5 heterocycles. The van der Waals surface area contributed by atoms with Gasteiger partial charge in [0.05, 0.1) is 27.6 Å². The second-order valence-electron chi connectivity index (χ2n) is 11.1. The monoisotopic (exact) mass is 549 g/mol. The van der Waals surface area contributed by atoms with Crippen molar-refractivity contribution in [1.82, 2.24) is 23.5 Å². The molecule has 0 fully saturated rings. The van der Waals surface area contributed by atoms with E-state index in [0.717, 1.165) is 39.0 Å². The fourth-order valence-corrected chi connectivity index (χ4v) is 7.26. The number of hydrogen-bond acceptors (Lipinski definition) is 2. The van der Waals surface area contributed by atoms with E-state index in [-0.39, 0.29) is 0 Å². The molecule has 10 rings (SSSR count). The van der Waals surface area contributed by atoms with Crippen molar-refractivity contribution < 1.29 is 0 Å². The van der Waals surface area contributed by atoms with E-state index in [1.165, 1.54) is 43.5 Å². The van der Waals surface area contributed by atoms with Crippen LogP contribution in [0.4, 0.5) is 0 Å². The largest absolute Gasteiger partial charge is 0.309 e. The number of para-hydroxylation sites is 3. The topological polar surface area (TPSA) is 40.1 Å². The highest BCUT2D eigenvalue weighted by Crippen LogP contribution is 2.45. The van der Waals surface area contributed by atoms with Gasteiger partial charge in [-0.15, -0.1) is 0 Å². The minimum Gasteiger partial charge on any atom is -0.309 e.